The summed E-state index contributed by atoms with van der Waals surface area (Å²) in [5, 5.41) is 17.8. The molecular weight excluding hydrogens is 413 g/mol. The van der Waals surface area contributed by atoms with Gasteiger partial charge in [-0.25, -0.2) is 0 Å². The summed E-state index contributed by atoms with van der Waals surface area (Å²) in [6.45, 7) is 0. The maximum atomic E-state index is 10.8. The zero-order valence-corrected chi connectivity index (χ0v) is 13.7. The van der Waals surface area contributed by atoms with Gasteiger partial charge in [-0.15, -0.1) is 0 Å². The number of benzene rings is 1. The summed E-state index contributed by atoms with van der Waals surface area (Å²) >= 11 is -0.197. The quantitative estimate of drug-likeness (QED) is 0.442. The third-order valence-corrected chi connectivity index (χ3v) is 5.89. The molecule has 6 nitrogen and oxygen atoms in total. The molecule has 15 heavy (non-hydrogen) atoms. The fourth-order valence-corrected chi connectivity index (χ4v) is 4.99. The van der Waals surface area contributed by atoms with E-state index in [1.165, 1.54) is 0 Å². The summed E-state index contributed by atoms with van der Waals surface area (Å²) in [6.07, 6.45) is 0. The summed E-state index contributed by atoms with van der Waals surface area (Å²) in [7, 11) is -4.40. The molecule has 0 radical (unpaired) electrons. The summed E-state index contributed by atoms with van der Waals surface area (Å²) in [5.74, 6) is -2.02. The molecule has 0 bridgehead atoms. The summed E-state index contributed by atoms with van der Waals surface area (Å²) in [5.41, 5.74) is -0.368. The third kappa shape index (κ3) is 2.67. The second-order valence-corrected chi connectivity index (χ2v) is 7.11. The number of carboxylic acid groups (broad SMARTS) is 1. The molecule has 0 atom stereocenters. The average molecular weight is 418 g/mol. The Morgan fingerprint density at radius 1 is 1.33 bits per heavy atom. The molecule has 0 aliphatic rings. The summed E-state index contributed by atoms with van der Waals surface area (Å²) < 4.78 is 30.6. The van der Waals surface area contributed by atoms with Gasteiger partial charge in [0, 0.05) is 0 Å². The first-order valence-corrected chi connectivity index (χ1v) is 7.82. The fourth-order valence-electron chi connectivity index (χ4n) is 1.03. The molecule has 0 fully saturated rings. The van der Waals surface area contributed by atoms with Crippen LogP contribution in [0.2, 0.25) is 0 Å². The minimum absolute atomic E-state index is 0.197. The van der Waals surface area contributed by atoms with E-state index in [0.29, 0.717) is 0 Å². The predicted octanol–water partition coefficient (Wildman–Crippen LogP) is -0.491. The number of aromatic carboxylic acids is 1. The summed E-state index contributed by atoms with van der Waals surface area (Å²) in [6, 6.07) is 1.81. The number of carboxylic acids is 1. The van der Waals surface area contributed by atoms with Crippen molar-refractivity contribution in [2.45, 2.75) is 4.90 Å². The molecule has 1 aromatic rings. The van der Waals surface area contributed by atoms with Crippen LogP contribution >= 0.6 is 0 Å². The van der Waals surface area contributed by atoms with Gasteiger partial charge in [-0.1, -0.05) is 0 Å². The van der Waals surface area contributed by atoms with E-state index in [4.69, 9.17) is 9.66 Å². The molecule has 0 aliphatic heterocycles. The molecule has 1 aromatic carbocycles. The predicted molar refractivity (Wildman–Crippen MR) is 44.5 cm³/mol. The molecule has 0 unspecified atom stereocenters. The Morgan fingerprint density at radius 3 is 2.27 bits per heavy atom. The molecule has 0 saturated heterocycles. The SMILES string of the molecule is O=C(O)c1c[c]([Hg])c(S(=O)(=O)O)cc1O. The van der Waals surface area contributed by atoms with E-state index in [9.17, 15) is 18.3 Å². The van der Waals surface area contributed by atoms with Crippen molar-refractivity contribution < 1.29 is 54.1 Å². The van der Waals surface area contributed by atoms with Gasteiger partial charge in [-0.3, -0.25) is 0 Å². The molecule has 0 spiro atoms. The van der Waals surface area contributed by atoms with E-state index >= 15 is 0 Å². The van der Waals surface area contributed by atoms with E-state index in [0.717, 1.165) is 12.1 Å². The van der Waals surface area contributed by atoms with Crippen LogP contribution in [0.15, 0.2) is 17.0 Å². The van der Waals surface area contributed by atoms with Crippen LogP contribution in [0.3, 0.4) is 0 Å². The van der Waals surface area contributed by atoms with Crippen LogP contribution in [0.4, 0.5) is 0 Å². The van der Waals surface area contributed by atoms with Gasteiger partial charge in [0.05, 0.1) is 0 Å². The number of phenols is 1. The second-order valence-electron chi connectivity index (χ2n) is 2.76. The first-order chi connectivity index (χ1) is 6.73. The molecule has 0 saturated carbocycles. The van der Waals surface area contributed by atoms with E-state index in [2.05, 4.69) is 0 Å². The van der Waals surface area contributed by atoms with Crippen molar-refractivity contribution in [3.8, 4) is 5.75 Å². The van der Waals surface area contributed by atoms with Crippen molar-refractivity contribution in [1.82, 2.24) is 0 Å². The minimum atomic E-state index is -4.40. The Balaban J connectivity index is 3.52. The third-order valence-electron chi connectivity index (χ3n) is 1.69. The van der Waals surface area contributed by atoms with E-state index < -0.39 is 26.7 Å². The van der Waals surface area contributed by atoms with Crippen LogP contribution in [0.25, 0.3) is 0 Å². The van der Waals surface area contributed by atoms with Crippen molar-refractivity contribution in [3.05, 3.63) is 17.7 Å². The standard InChI is InChI=1S/C7H5O6S.Hg/c8-6-3-4(14(11,12)13)1-2-5(6)7(9)10;/h2-3,8H,(H,9,10)(H,11,12,13);. The van der Waals surface area contributed by atoms with Crippen molar-refractivity contribution in [2.75, 3.05) is 0 Å². The van der Waals surface area contributed by atoms with Crippen molar-refractivity contribution >= 4 is 19.2 Å². The molecule has 0 aromatic heterocycles. The number of hydrogen-bond donors (Lipinski definition) is 3. The normalized spacial score (nSPS) is 11.4. The number of aromatic hydroxyl groups is 1. The average Bonchev–Trinajstić information content (AvgIpc) is 2.06. The van der Waals surface area contributed by atoms with Gasteiger partial charge in [0.2, 0.25) is 0 Å². The van der Waals surface area contributed by atoms with Crippen molar-refractivity contribution in [1.29, 1.82) is 0 Å². The molecule has 8 heteroatoms. The Hall–Kier alpha value is -0.665. The second kappa shape index (κ2) is 4.07. The van der Waals surface area contributed by atoms with Crippen LogP contribution in [0.1, 0.15) is 10.4 Å². The van der Waals surface area contributed by atoms with Gasteiger partial charge in [-0.2, -0.15) is 0 Å². The molecule has 1 rings (SSSR count). The first kappa shape index (κ1) is 12.4. The maximum absolute atomic E-state index is 10.8. The number of carbonyl (C=O) groups is 1. The van der Waals surface area contributed by atoms with Gasteiger partial charge < -0.3 is 0 Å². The van der Waals surface area contributed by atoms with Crippen molar-refractivity contribution in [2.24, 2.45) is 0 Å². The fraction of sp³-hybridized carbons (Fsp3) is 0. The first-order valence-electron chi connectivity index (χ1n) is 3.63. The van der Waals surface area contributed by atoms with Gasteiger partial charge in [0.15, 0.2) is 0 Å². The van der Waals surface area contributed by atoms with Gasteiger partial charge in [0.25, 0.3) is 0 Å². The van der Waals surface area contributed by atoms with Crippen LogP contribution < -0.4 is 3.07 Å². The molecule has 0 aliphatic carbocycles. The van der Waals surface area contributed by atoms with E-state index in [-0.39, 0.29) is 34.8 Å². The van der Waals surface area contributed by atoms with Crippen LogP contribution in [0, 0.1) is 0 Å². The van der Waals surface area contributed by atoms with Gasteiger partial charge in [0.1, 0.15) is 0 Å². The molecule has 77 valence electrons. The van der Waals surface area contributed by atoms with Gasteiger partial charge >= 0.3 is 102 Å². The van der Waals surface area contributed by atoms with Crippen LogP contribution in [-0.4, -0.2) is 29.2 Å². The van der Waals surface area contributed by atoms with E-state index in [1.807, 2.05) is 0 Å². The Labute approximate surface area is 101 Å². The number of hydrogen-bond acceptors (Lipinski definition) is 4. The zero-order chi connectivity index (χ0) is 11.8. The molecule has 0 heterocycles. The molecule has 3 N–H and O–H groups in total. The number of rotatable bonds is 2. The zero-order valence-electron chi connectivity index (χ0n) is 7.34. The van der Waals surface area contributed by atoms with Crippen LogP contribution in [-0.2, 0) is 36.2 Å². The van der Waals surface area contributed by atoms with Crippen LogP contribution in [0.5, 0.6) is 5.75 Å². The molecule has 0 amide bonds. The monoisotopic (exact) mass is 419 g/mol. The Morgan fingerprint density at radius 2 is 1.87 bits per heavy atom. The van der Waals surface area contributed by atoms with Gasteiger partial charge in [-0.05, 0) is 0 Å². The van der Waals surface area contributed by atoms with Crippen molar-refractivity contribution in [3.63, 3.8) is 0 Å². The molecular formula is C7H5HgO6S. The summed E-state index contributed by atoms with van der Waals surface area (Å²) in [4.78, 5) is 10.2. The Kier molecular flexibility index (Phi) is 3.36. The van der Waals surface area contributed by atoms with E-state index in [1.54, 1.807) is 0 Å². The Bertz CT molecular complexity index is 521. The topological polar surface area (TPSA) is 112 Å².